The maximum absolute atomic E-state index is 12.0. The molecular formula is C15H15BrN2O. The van der Waals surface area contributed by atoms with Crippen molar-refractivity contribution in [3.05, 3.63) is 63.6 Å². The van der Waals surface area contributed by atoms with E-state index >= 15 is 0 Å². The third-order valence-corrected chi connectivity index (χ3v) is 3.51. The lowest BCUT2D eigenvalue weighted by atomic mass is 10.1. The monoisotopic (exact) mass is 318 g/mol. The average Bonchev–Trinajstić information content (AvgIpc) is 2.40. The number of rotatable bonds is 3. The number of carbonyl (C=O) groups excluding carboxylic acids is 1. The van der Waals surface area contributed by atoms with Gasteiger partial charge in [0.15, 0.2) is 0 Å². The van der Waals surface area contributed by atoms with Gasteiger partial charge in [-0.1, -0.05) is 34.1 Å². The smallest absolute Gasteiger partial charge is 0.251 e. The second-order valence-electron chi connectivity index (χ2n) is 4.32. The highest BCUT2D eigenvalue weighted by Gasteiger charge is 2.07. The minimum atomic E-state index is -0.0943. The van der Waals surface area contributed by atoms with Gasteiger partial charge in [0.05, 0.1) is 0 Å². The molecule has 2 aromatic carbocycles. The predicted molar refractivity (Wildman–Crippen MR) is 80.9 cm³/mol. The first kappa shape index (κ1) is 13.6. The van der Waals surface area contributed by atoms with E-state index in [-0.39, 0.29) is 5.91 Å². The summed E-state index contributed by atoms with van der Waals surface area (Å²) in [4.78, 5) is 12.0. The summed E-state index contributed by atoms with van der Waals surface area (Å²) in [6.45, 7) is 2.43. The van der Waals surface area contributed by atoms with Crippen LogP contribution in [-0.4, -0.2) is 5.91 Å². The topological polar surface area (TPSA) is 55.1 Å². The summed E-state index contributed by atoms with van der Waals surface area (Å²) in [5, 5.41) is 2.90. The van der Waals surface area contributed by atoms with Crippen LogP contribution in [0.2, 0.25) is 0 Å². The number of carbonyl (C=O) groups is 1. The van der Waals surface area contributed by atoms with Gasteiger partial charge >= 0.3 is 0 Å². The van der Waals surface area contributed by atoms with Crippen molar-refractivity contribution < 1.29 is 4.79 Å². The normalized spacial score (nSPS) is 10.2. The Morgan fingerprint density at radius 1 is 1.26 bits per heavy atom. The van der Waals surface area contributed by atoms with Crippen LogP contribution in [-0.2, 0) is 6.54 Å². The number of halogens is 1. The van der Waals surface area contributed by atoms with Crippen LogP contribution >= 0.6 is 15.9 Å². The van der Waals surface area contributed by atoms with Gasteiger partial charge in [0.25, 0.3) is 5.91 Å². The maximum atomic E-state index is 12.0. The molecular weight excluding hydrogens is 304 g/mol. The molecule has 2 aromatic rings. The standard InChI is InChI=1S/C15H15BrN2O/c1-10-12(5-3-7-14(10)17)9-18-15(19)11-4-2-6-13(16)8-11/h2-8H,9,17H2,1H3,(H,18,19). The number of hydrogen-bond donors (Lipinski definition) is 2. The highest BCUT2D eigenvalue weighted by molar-refractivity contribution is 9.10. The second-order valence-corrected chi connectivity index (χ2v) is 5.24. The van der Waals surface area contributed by atoms with Crippen LogP contribution in [0.15, 0.2) is 46.9 Å². The molecule has 0 fully saturated rings. The third-order valence-electron chi connectivity index (χ3n) is 3.01. The molecule has 19 heavy (non-hydrogen) atoms. The fourth-order valence-electron chi connectivity index (χ4n) is 1.80. The van der Waals surface area contributed by atoms with Crippen LogP contribution in [0.1, 0.15) is 21.5 Å². The van der Waals surface area contributed by atoms with Crippen LogP contribution in [0.25, 0.3) is 0 Å². The lowest BCUT2D eigenvalue weighted by Crippen LogP contribution is -2.23. The van der Waals surface area contributed by atoms with E-state index in [9.17, 15) is 4.79 Å². The van der Waals surface area contributed by atoms with Gasteiger partial charge in [-0.2, -0.15) is 0 Å². The lowest BCUT2D eigenvalue weighted by molar-refractivity contribution is 0.0951. The Bertz CT molecular complexity index is 611. The van der Waals surface area contributed by atoms with Crippen molar-refractivity contribution in [2.24, 2.45) is 0 Å². The Kier molecular flexibility index (Phi) is 4.22. The highest BCUT2D eigenvalue weighted by atomic mass is 79.9. The van der Waals surface area contributed by atoms with Crippen LogP contribution < -0.4 is 11.1 Å². The van der Waals surface area contributed by atoms with Crippen molar-refractivity contribution in [1.29, 1.82) is 0 Å². The molecule has 2 rings (SSSR count). The molecule has 98 valence electrons. The van der Waals surface area contributed by atoms with Crippen molar-refractivity contribution in [1.82, 2.24) is 5.32 Å². The maximum Gasteiger partial charge on any atom is 0.251 e. The van der Waals surface area contributed by atoms with Crippen LogP contribution in [0.3, 0.4) is 0 Å². The average molecular weight is 319 g/mol. The molecule has 0 aromatic heterocycles. The first-order valence-electron chi connectivity index (χ1n) is 5.95. The van der Waals surface area contributed by atoms with E-state index in [1.807, 2.05) is 37.3 Å². The van der Waals surface area contributed by atoms with Gasteiger partial charge in [-0.05, 0) is 42.3 Å². The summed E-state index contributed by atoms with van der Waals surface area (Å²) in [5.41, 5.74) is 9.26. The van der Waals surface area contributed by atoms with Crippen molar-refractivity contribution >= 4 is 27.5 Å². The predicted octanol–water partition coefficient (Wildman–Crippen LogP) is 3.27. The summed E-state index contributed by atoms with van der Waals surface area (Å²) < 4.78 is 0.889. The summed E-state index contributed by atoms with van der Waals surface area (Å²) in [7, 11) is 0. The second kappa shape index (κ2) is 5.89. The molecule has 0 heterocycles. The number of anilines is 1. The van der Waals surface area contributed by atoms with Crippen molar-refractivity contribution in [3.63, 3.8) is 0 Å². The number of hydrogen-bond acceptors (Lipinski definition) is 2. The van der Waals surface area contributed by atoms with Crippen molar-refractivity contribution in [2.45, 2.75) is 13.5 Å². The number of nitrogens with one attached hydrogen (secondary N) is 1. The summed E-state index contributed by atoms with van der Waals surface area (Å²) in [6.07, 6.45) is 0. The molecule has 0 saturated carbocycles. The van der Waals surface area contributed by atoms with Crippen LogP contribution in [0.5, 0.6) is 0 Å². The van der Waals surface area contributed by atoms with E-state index in [0.717, 1.165) is 21.3 Å². The van der Waals surface area contributed by atoms with Crippen LogP contribution in [0.4, 0.5) is 5.69 Å². The van der Waals surface area contributed by atoms with Crippen molar-refractivity contribution in [2.75, 3.05) is 5.73 Å². The largest absolute Gasteiger partial charge is 0.399 e. The molecule has 0 radical (unpaired) electrons. The minimum Gasteiger partial charge on any atom is -0.399 e. The van der Waals surface area contributed by atoms with Gasteiger partial charge in [0.1, 0.15) is 0 Å². The van der Waals surface area contributed by atoms with Gasteiger partial charge < -0.3 is 11.1 Å². The summed E-state index contributed by atoms with van der Waals surface area (Å²) >= 11 is 3.35. The van der Waals surface area contributed by atoms with E-state index in [4.69, 9.17) is 5.73 Å². The van der Waals surface area contributed by atoms with Gasteiger partial charge in [0, 0.05) is 22.3 Å². The Morgan fingerprint density at radius 3 is 2.74 bits per heavy atom. The molecule has 4 heteroatoms. The Balaban J connectivity index is 2.07. The quantitative estimate of drug-likeness (QED) is 0.853. The molecule has 0 aliphatic heterocycles. The zero-order valence-corrected chi connectivity index (χ0v) is 12.2. The summed E-state index contributed by atoms with van der Waals surface area (Å²) in [6, 6.07) is 13.0. The fraction of sp³-hybridized carbons (Fsp3) is 0.133. The molecule has 0 bridgehead atoms. The van der Waals surface area contributed by atoms with E-state index in [0.29, 0.717) is 12.1 Å². The van der Waals surface area contributed by atoms with Gasteiger partial charge in [-0.25, -0.2) is 0 Å². The van der Waals surface area contributed by atoms with Crippen molar-refractivity contribution in [3.8, 4) is 0 Å². The molecule has 0 atom stereocenters. The molecule has 0 saturated heterocycles. The minimum absolute atomic E-state index is 0.0943. The van der Waals surface area contributed by atoms with Crippen LogP contribution in [0, 0.1) is 6.92 Å². The molecule has 0 spiro atoms. The zero-order chi connectivity index (χ0) is 13.8. The Morgan fingerprint density at radius 2 is 2.00 bits per heavy atom. The highest BCUT2D eigenvalue weighted by Crippen LogP contribution is 2.16. The molecule has 3 N–H and O–H groups in total. The van der Waals surface area contributed by atoms with E-state index in [2.05, 4.69) is 21.2 Å². The number of benzene rings is 2. The molecule has 0 aliphatic carbocycles. The Hall–Kier alpha value is -1.81. The Labute approximate surface area is 121 Å². The third kappa shape index (κ3) is 3.35. The molecule has 1 amide bonds. The fourth-order valence-corrected chi connectivity index (χ4v) is 2.20. The van der Waals surface area contributed by atoms with Gasteiger partial charge in [-0.3, -0.25) is 4.79 Å². The van der Waals surface area contributed by atoms with E-state index < -0.39 is 0 Å². The first-order valence-corrected chi connectivity index (χ1v) is 6.75. The molecule has 0 aliphatic rings. The number of nitrogen functional groups attached to an aromatic ring is 1. The number of nitrogens with two attached hydrogens (primary N) is 1. The molecule has 0 unspecified atom stereocenters. The SMILES string of the molecule is Cc1c(N)cccc1CNC(=O)c1cccc(Br)c1. The van der Waals surface area contributed by atoms with E-state index in [1.165, 1.54) is 0 Å². The lowest BCUT2D eigenvalue weighted by Gasteiger charge is -2.10. The number of amides is 1. The van der Waals surface area contributed by atoms with Gasteiger partial charge in [-0.15, -0.1) is 0 Å². The first-order chi connectivity index (χ1) is 9.08. The van der Waals surface area contributed by atoms with E-state index in [1.54, 1.807) is 12.1 Å². The zero-order valence-electron chi connectivity index (χ0n) is 10.6. The summed E-state index contributed by atoms with van der Waals surface area (Å²) in [5.74, 6) is -0.0943. The molecule has 3 nitrogen and oxygen atoms in total. The van der Waals surface area contributed by atoms with Gasteiger partial charge in [0.2, 0.25) is 0 Å².